The SMILES string of the molecule is O=C(O)c1ccc(NCCCn2c3ccc(O)cc3c3c4c(c(-c5ccccc5Cl)cc32)C(=O)NC4=O)cc1. The number of hydrogen-bond donors (Lipinski definition) is 4. The van der Waals surface area contributed by atoms with E-state index in [1.807, 2.05) is 18.2 Å². The molecule has 0 atom stereocenters. The molecule has 6 rings (SSSR count). The summed E-state index contributed by atoms with van der Waals surface area (Å²) in [6, 6.07) is 20.6. The predicted molar refractivity (Wildman–Crippen MR) is 150 cm³/mol. The number of fused-ring (bicyclic) bond motifs is 5. The fourth-order valence-corrected chi connectivity index (χ4v) is 5.51. The number of carbonyl (C=O) groups excluding carboxylic acids is 2. The van der Waals surface area contributed by atoms with Crippen molar-refractivity contribution in [2.45, 2.75) is 13.0 Å². The summed E-state index contributed by atoms with van der Waals surface area (Å²) < 4.78 is 2.08. The van der Waals surface area contributed by atoms with Crippen LogP contribution in [0.4, 0.5) is 5.69 Å². The highest BCUT2D eigenvalue weighted by Gasteiger charge is 2.35. The molecule has 0 fully saturated rings. The van der Waals surface area contributed by atoms with Gasteiger partial charge in [0.1, 0.15) is 5.75 Å². The van der Waals surface area contributed by atoms with Crippen molar-refractivity contribution in [1.82, 2.24) is 9.88 Å². The van der Waals surface area contributed by atoms with E-state index in [-0.39, 0.29) is 22.4 Å². The van der Waals surface area contributed by atoms with Crippen molar-refractivity contribution in [1.29, 1.82) is 0 Å². The van der Waals surface area contributed by atoms with Crippen molar-refractivity contribution >= 4 is 56.9 Å². The zero-order valence-electron chi connectivity index (χ0n) is 20.5. The normalized spacial score (nSPS) is 12.6. The van der Waals surface area contributed by atoms with Gasteiger partial charge in [0, 0.05) is 45.7 Å². The Morgan fingerprint density at radius 2 is 1.64 bits per heavy atom. The van der Waals surface area contributed by atoms with Crippen LogP contribution in [0.1, 0.15) is 37.5 Å². The molecular formula is C30H22ClN3O5. The first-order valence-electron chi connectivity index (χ1n) is 12.3. The van der Waals surface area contributed by atoms with Gasteiger partial charge in [-0.1, -0.05) is 29.8 Å². The van der Waals surface area contributed by atoms with E-state index in [0.29, 0.717) is 46.4 Å². The molecule has 4 N–H and O–H groups in total. The third-order valence-corrected chi connectivity index (χ3v) is 7.33. The highest BCUT2D eigenvalue weighted by molar-refractivity contribution is 6.36. The molecule has 0 spiro atoms. The van der Waals surface area contributed by atoms with Crippen LogP contribution in [0.5, 0.6) is 5.75 Å². The van der Waals surface area contributed by atoms with E-state index in [2.05, 4.69) is 15.2 Å². The lowest BCUT2D eigenvalue weighted by Crippen LogP contribution is -2.20. The van der Waals surface area contributed by atoms with Crippen molar-refractivity contribution in [2.75, 3.05) is 11.9 Å². The maximum Gasteiger partial charge on any atom is 0.335 e. The summed E-state index contributed by atoms with van der Waals surface area (Å²) in [5, 5.41) is 26.9. The van der Waals surface area contributed by atoms with Crippen LogP contribution in [0.15, 0.2) is 72.8 Å². The number of amides is 2. The molecular weight excluding hydrogens is 518 g/mol. The molecule has 0 aliphatic carbocycles. The van der Waals surface area contributed by atoms with Gasteiger partial charge in [-0.05, 0) is 66.6 Å². The first-order chi connectivity index (χ1) is 18.8. The number of aryl methyl sites for hydroxylation is 1. The number of anilines is 1. The van der Waals surface area contributed by atoms with Crippen LogP contribution in [-0.2, 0) is 6.54 Å². The number of phenols is 1. The molecule has 1 aliphatic heterocycles. The monoisotopic (exact) mass is 539 g/mol. The van der Waals surface area contributed by atoms with E-state index >= 15 is 0 Å². The zero-order valence-corrected chi connectivity index (χ0v) is 21.2. The van der Waals surface area contributed by atoms with Gasteiger partial charge in [-0.2, -0.15) is 0 Å². The van der Waals surface area contributed by atoms with Crippen LogP contribution in [0, 0.1) is 0 Å². The van der Waals surface area contributed by atoms with Crippen molar-refractivity contribution in [3.8, 4) is 16.9 Å². The molecule has 0 bridgehead atoms. The van der Waals surface area contributed by atoms with Gasteiger partial charge in [0.15, 0.2) is 0 Å². The number of rotatable bonds is 7. The van der Waals surface area contributed by atoms with E-state index in [1.54, 1.807) is 54.6 Å². The summed E-state index contributed by atoms with van der Waals surface area (Å²) in [4.78, 5) is 37.2. The van der Waals surface area contributed by atoms with Gasteiger partial charge >= 0.3 is 5.97 Å². The first kappa shape index (κ1) is 24.5. The summed E-state index contributed by atoms with van der Waals surface area (Å²) >= 11 is 6.53. The third kappa shape index (κ3) is 4.15. The number of carboxylic acids is 1. The van der Waals surface area contributed by atoms with Crippen molar-refractivity contribution in [2.24, 2.45) is 0 Å². The number of hydrogen-bond acceptors (Lipinski definition) is 5. The number of imide groups is 1. The summed E-state index contributed by atoms with van der Waals surface area (Å²) in [6.45, 7) is 1.17. The predicted octanol–water partition coefficient (Wildman–Crippen LogP) is 5.90. The van der Waals surface area contributed by atoms with Gasteiger partial charge in [0.2, 0.25) is 0 Å². The molecule has 1 aliphatic rings. The Balaban J connectivity index is 1.45. The summed E-state index contributed by atoms with van der Waals surface area (Å²) in [6.07, 6.45) is 0.698. The standard InChI is InChI=1S/C30H22ClN3O5/c31-22-5-2-1-4-19(22)20-15-24-25(27-26(20)28(36)33-29(27)37)21-14-18(35)10-11-23(21)34(24)13-3-12-32-17-8-6-16(7-9-17)30(38)39/h1-2,4-11,14-15,32,35H,3,12-13H2,(H,38,39)(H,33,36,37). The number of benzene rings is 4. The van der Waals surface area contributed by atoms with E-state index in [1.165, 1.54) is 0 Å². The number of phenolic OH excluding ortho intramolecular Hbond substituents is 1. The number of aromatic nitrogens is 1. The minimum Gasteiger partial charge on any atom is -0.508 e. The number of aromatic hydroxyl groups is 1. The van der Waals surface area contributed by atoms with Gasteiger partial charge in [0.05, 0.1) is 22.2 Å². The Bertz CT molecular complexity index is 1830. The average molecular weight is 540 g/mol. The van der Waals surface area contributed by atoms with E-state index < -0.39 is 17.8 Å². The minimum absolute atomic E-state index is 0.0571. The Morgan fingerprint density at radius 1 is 0.897 bits per heavy atom. The average Bonchev–Trinajstić information content (AvgIpc) is 3.39. The Labute approximate surface area is 227 Å². The summed E-state index contributed by atoms with van der Waals surface area (Å²) in [5.74, 6) is -1.88. The van der Waals surface area contributed by atoms with Gasteiger partial charge < -0.3 is 20.1 Å². The molecule has 5 aromatic rings. The van der Waals surface area contributed by atoms with Crippen LogP contribution >= 0.6 is 11.6 Å². The van der Waals surface area contributed by atoms with Crippen LogP contribution in [0.3, 0.4) is 0 Å². The van der Waals surface area contributed by atoms with E-state index in [0.717, 1.165) is 16.7 Å². The lowest BCUT2D eigenvalue weighted by Gasteiger charge is -2.13. The van der Waals surface area contributed by atoms with Gasteiger partial charge in [-0.25, -0.2) is 4.79 Å². The van der Waals surface area contributed by atoms with Gasteiger partial charge in [0.25, 0.3) is 11.8 Å². The molecule has 0 saturated carbocycles. The van der Waals surface area contributed by atoms with Gasteiger partial charge in [-0.3, -0.25) is 14.9 Å². The fraction of sp³-hybridized carbons (Fsp3) is 0.100. The minimum atomic E-state index is -0.975. The van der Waals surface area contributed by atoms with Crippen molar-refractivity contribution in [3.05, 3.63) is 94.5 Å². The lowest BCUT2D eigenvalue weighted by atomic mass is 9.93. The third-order valence-electron chi connectivity index (χ3n) is 7.00. The van der Waals surface area contributed by atoms with Crippen LogP contribution in [0.2, 0.25) is 5.02 Å². The second-order valence-electron chi connectivity index (χ2n) is 9.35. The van der Waals surface area contributed by atoms with Crippen LogP contribution < -0.4 is 10.6 Å². The Kier molecular flexibility index (Phi) is 5.96. The second kappa shape index (κ2) is 9.49. The molecule has 0 radical (unpaired) electrons. The first-order valence-corrected chi connectivity index (χ1v) is 12.7. The smallest absolute Gasteiger partial charge is 0.335 e. The largest absolute Gasteiger partial charge is 0.508 e. The highest BCUT2D eigenvalue weighted by Crippen LogP contribution is 2.42. The quantitative estimate of drug-likeness (QED) is 0.151. The summed E-state index contributed by atoms with van der Waals surface area (Å²) in [5.41, 5.74) is 4.36. The molecule has 0 unspecified atom stereocenters. The highest BCUT2D eigenvalue weighted by atomic mass is 35.5. The summed E-state index contributed by atoms with van der Waals surface area (Å²) in [7, 11) is 0. The molecule has 194 valence electrons. The van der Waals surface area contributed by atoms with Crippen molar-refractivity contribution in [3.63, 3.8) is 0 Å². The van der Waals surface area contributed by atoms with Crippen LogP contribution in [0.25, 0.3) is 32.9 Å². The zero-order chi connectivity index (χ0) is 27.3. The van der Waals surface area contributed by atoms with Crippen LogP contribution in [-0.4, -0.2) is 39.1 Å². The number of carbonyl (C=O) groups is 3. The number of aromatic carboxylic acids is 1. The lowest BCUT2D eigenvalue weighted by molar-refractivity contribution is 0.0696. The molecule has 8 nitrogen and oxygen atoms in total. The number of nitrogens with one attached hydrogen (secondary N) is 2. The number of carboxylic acid groups (broad SMARTS) is 1. The Hall–Kier alpha value is -4.82. The topological polar surface area (TPSA) is 121 Å². The molecule has 39 heavy (non-hydrogen) atoms. The number of nitrogens with zero attached hydrogens (tertiary/aromatic N) is 1. The molecule has 4 aromatic carbocycles. The van der Waals surface area contributed by atoms with E-state index in [4.69, 9.17) is 16.7 Å². The fourth-order valence-electron chi connectivity index (χ4n) is 5.27. The molecule has 0 saturated heterocycles. The molecule has 9 heteroatoms. The van der Waals surface area contributed by atoms with Gasteiger partial charge in [-0.15, -0.1) is 0 Å². The second-order valence-corrected chi connectivity index (χ2v) is 9.75. The number of halogens is 1. The molecule has 2 amide bonds. The Morgan fingerprint density at radius 3 is 2.38 bits per heavy atom. The van der Waals surface area contributed by atoms with E-state index in [9.17, 15) is 19.5 Å². The molecule has 1 aromatic heterocycles. The maximum absolute atomic E-state index is 13.1. The van der Waals surface area contributed by atoms with Crippen molar-refractivity contribution < 1.29 is 24.6 Å². The maximum atomic E-state index is 13.1. The molecule has 2 heterocycles.